The molecule has 2 aromatic rings. The third-order valence-corrected chi connectivity index (χ3v) is 2.79. The molecule has 0 spiro atoms. The van der Waals surface area contributed by atoms with E-state index in [9.17, 15) is 4.79 Å². The standard InChI is InChI=1S/C14H14N2O3/c1-9-5-4-6-12(10(9)2)19-13-8-15-11(7-16-13)14(17)18-3/h4-8H,1-3H3. The predicted molar refractivity (Wildman–Crippen MR) is 69.4 cm³/mol. The number of carbonyl (C=O) groups is 1. The van der Waals surface area contributed by atoms with Gasteiger partial charge in [0.15, 0.2) is 5.69 Å². The molecule has 5 nitrogen and oxygen atoms in total. The van der Waals surface area contributed by atoms with Crippen LogP contribution in [0.4, 0.5) is 0 Å². The molecule has 1 aromatic carbocycles. The van der Waals surface area contributed by atoms with Gasteiger partial charge in [0.1, 0.15) is 5.75 Å². The number of esters is 1. The predicted octanol–water partition coefficient (Wildman–Crippen LogP) is 2.67. The molecule has 1 heterocycles. The number of carbonyl (C=O) groups excluding carboxylic acids is 1. The Hall–Kier alpha value is -2.43. The van der Waals surface area contributed by atoms with Crippen molar-refractivity contribution in [3.63, 3.8) is 0 Å². The molecule has 0 bridgehead atoms. The number of nitrogens with zero attached hydrogens (tertiary/aromatic N) is 2. The highest BCUT2D eigenvalue weighted by Crippen LogP contribution is 2.25. The van der Waals surface area contributed by atoms with Gasteiger partial charge in [-0.25, -0.2) is 14.8 Å². The van der Waals surface area contributed by atoms with Gasteiger partial charge in [0.2, 0.25) is 5.88 Å². The largest absolute Gasteiger partial charge is 0.464 e. The van der Waals surface area contributed by atoms with Crippen molar-refractivity contribution in [1.29, 1.82) is 0 Å². The number of hydrogen-bond donors (Lipinski definition) is 0. The Morgan fingerprint density at radius 1 is 1.16 bits per heavy atom. The molecule has 0 N–H and O–H groups in total. The highest BCUT2D eigenvalue weighted by molar-refractivity contribution is 5.86. The third-order valence-electron chi connectivity index (χ3n) is 2.79. The Morgan fingerprint density at radius 3 is 2.58 bits per heavy atom. The number of methoxy groups -OCH3 is 1. The smallest absolute Gasteiger partial charge is 0.358 e. The quantitative estimate of drug-likeness (QED) is 0.792. The lowest BCUT2D eigenvalue weighted by molar-refractivity contribution is 0.0593. The van der Waals surface area contributed by atoms with Crippen LogP contribution in [0.25, 0.3) is 0 Å². The first-order chi connectivity index (χ1) is 9.11. The molecule has 0 amide bonds. The molecule has 98 valence electrons. The minimum absolute atomic E-state index is 0.149. The number of rotatable bonds is 3. The number of ether oxygens (including phenoxy) is 2. The van der Waals surface area contributed by atoms with Gasteiger partial charge in [-0.15, -0.1) is 0 Å². The summed E-state index contributed by atoms with van der Waals surface area (Å²) in [5.41, 5.74) is 2.33. The zero-order valence-corrected chi connectivity index (χ0v) is 11.0. The molecule has 0 aliphatic heterocycles. The van der Waals surface area contributed by atoms with Crippen LogP contribution >= 0.6 is 0 Å². The Labute approximate surface area is 111 Å². The lowest BCUT2D eigenvalue weighted by Crippen LogP contribution is -2.05. The van der Waals surface area contributed by atoms with E-state index in [0.717, 1.165) is 16.9 Å². The van der Waals surface area contributed by atoms with Gasteiger partial charge >= 0.3 is 5.97 Å². The van der Waals surface area contributed by atoms with Crippen LogP contribution in [0.15, 0.2) is 30.6 Å². The van der Waals surface area contributed by atoms with E-state index in [1.54, 1.807) is 0 Å². The zero-order valence-electron chi connectivity index (χ0n) is 11.0. The summed E-state index contributed by atoms with van der Waals surface area (Å²) in [4.78, 5) is 19.2. The molecule has 0 atom stereocenters. The maximum absolute atomic E-state index is 11.2. The normalized spacial score (nSPS) is 10.1. The summed E-state index contributed by atoms with van der Waals surface area (Å²) in [7, 11) is 1.30. The van der Waals surface area contributed by atoms with Crippen molar-refractivity contribution >= 4 is 5.97 Å². The highest BCUT2D eigenvalue weighted by atomic mass is 16.5. The van der Waals surface area contributed by atoms with Crippen molar-refractivity contribution in [2.24, 2.45) is 0 Å². The summed E-state index contributed by atoms with van der Waals surface area (Å²) in [6.45, 7) is 3.98. The van der Waals surface area contributed by atoms with Crippen molar-refractivity contribution in [3.05, 3.63) is 47.4 Å². The number of hydrogen-bond acceptors (Lipinski definition) is 5. The monoisotopic (exact) mass is 258 g/mol. The van der Waals surface area contributed by atoms with E-state index in [4.69, 9.17) is 4.74 Å². The Bertz CT molecular complexity index is 594. The van der Waals surface area contributed by atoms with Crippen LogP contribution < -0.4 is 4.74 Å². The van der Waals surface area contributed by atoms with E-state index in [1.807, 2.05) is 32.0 Å². The second-order valence-corrected chi connectivity index (χ2v) is 4.03. The van der Waals surface area contributed by atoms with Crippen molar-refractivity contribution in [3.8, 4) is 11.6 Å². The van der Waals surface area contributed by atoms with Gasteiger partial charge in [0, 0.05) is 0 Å². The molecule has 2 rings (SSSR count). The Morgan fingerprint density at radius 2 is 1.95 bits per heavy atom. The van der Waals surface area contributed by atoms with Crippen LogP contribution in [0, 0.1) is 13.8 Å². The molecule has 5 heteroatoms. The number of aromatic nitrogens is 2. The summed E-state index contributed by atoms with van der Waals surface area (Å²) < 4.78 is 10.2. The molecule has 0 saturated carbocycles. The molecule has 0 unspecified atom stereocenters. The average molecular weight is 258 g/mol. The molecule has 19 heavy (non-hydrogen) atoms. The second kappa shape index (κ2) is 5.48. The minimum Gasteiger partial charge on any atom is -0.464 e. The Kier molecular flexibility index (Phi) is 3.75. The first-order valence-corrected chi connectivity index (χ1v) is 5.76. The van der Waals surface area contributed by atoms with Crippen molar-refractivity contribution in [1.82, 2.24) is 9.97 Å². The number of benzene rings is 1. The van der Waals surface area contributed by atoms with Gasteiger partial charge in [-0.3, -0.25) is 0 Å². The van der Waals surface area contributed by atoms with Crippen LogP contribution in [0.5, 0.6) is 11.6 Å². The van der Waals surface area contributed by atoms with E-state index < -0.39 is 5.97 Å². The molecule has 0 aliphatic carbocycles. The van der Waals surface area contributed by atoms with Crippen LogP contribution in [0.1, 0.15) is 21.6 Å². The maximum atomic E-state index is 11.2. The molecule has 0 fully saturated rings. The zero-order chi connectivity index (χ0) is 13.8. The van der Waals surface area contributed by atoms with Crippen molar-refractivity contribution in [2.75, 3.05) is 7.11 Å². The molecular formula is C14H14N2O3. The Balaban J connectivity index is 2.20. The summed E-state index contributed by atoms with van der Waals surface area (Å²) in [6.07, 6.45) is 2.72. The van der Waals surface area contributed by atoms with Crippen LogP contribution in [0.3, 0.4) is 0 Å². The topological polar surface area (TPSA) is 61.3 Å². The van der Waals surface area contributed by atoms with Crippen molar-refractivity contribution < 1.29 is 14.3 Å². The molecular weight excluding hydrogens is 244 g/mol. The van der Waals surface area contributed by atoms with Gasteiger partial charge in [0.25, 0.3) is 0 Å². The first-order valence-electron chi connectivity index (χ1n) is 5.76. The average Bonchev–Trinajstić information content (AvgIpc) is 2.44. The molecule has 0 radical (unpaired) electrons. The highest BCUT2D eigenvalue weighted by Gasteiger charge is 2.09. The lowest BCUT2D eigenvalue weighted by atomic mass is 10.1. The fourth-order valence-electron chi connectivity index (χ4n) is 1.53. The summed E-state index contributed by atoms with van der Waals surface area (Å²) in [6, 6.07) is 5.78. The number of aryl methyl sites for hydroxylation is 1. The van der Waals surface area contributed by atoms with Crippen LogP contribution in [0.2, 0.25) is 0 Å². The van der Waals surface area contributed by atoms with Gasteiger partial charge in [-0.1, -0.05) is 12.1 Å². The van der Waals surface area contributed by atoms with Gasteiger partial charge < -0.3 is 9.47 Å². The third kappa shape index (κ3) is 2.88. The summed E-state index contributed by atoms with van der Waals surface area (Å²) >= 11 is 0. The fraction of sp³-hybridized carbons (Fsp3) is 0.214. The van der Waals surface area contributed by atoms with Crippen molar-refractivity contribution in [2.45, 2.75) is 13.8 Å². The van der Waals surface area contributed by atoms with E-state index in [0.29, 0.717) is 5.88 Å². The fourth-order valence-corrected chi connectivity index (χ4v) is 1.53. The van der Waals surface area contributed by atoms with Gasteiger partial charge in [-0.2, -0.15) is 0 Å². The SMILES string of the molecule is COC(=O)c1cnc(Oc2cccc(C)c2C)cn1. The van der Waals surface area contributed by atoms with Crippen LogP contribution in [-0.4, -0.2) is 23.0 Å². The van der Waals surface area contributed by atoms with Gasteiger partial charge in [-0.05, 0) is 31.0 Å². The van der Waals surface area contributed by atoms with E-state index in [2.05, 4.69) is 14.7 Å². The molecule has 1 aromatic heterocycles. The van der Waals surface area contributed by atoms with E-state index in [1.165, 1.54) is 19.5 Å². The first kappa shape index (κ1) is 13.0. The van der Waals surface area contributed by atoms with E-state index >= 15 is 0 Å². The lowest BCUT2D eigenvalue weighted by Gasteiger charge is -2.09. The van der Waals surface area contributed by atoms with Crippen LogP contribution in [-0.2, 0) is 4.74 Å². The minimum atomic E-state index is -0.522. The summed E-state index contributed by atoms with van der Waals surface area (Å²) in [5, 5.41) is 0. The van der Waals surface area contributed by atoms with E-state index in [-0.39, 0.29) is 5.69 Å². The summed E-state index contributed by atoms with van der Waals surface area (Å²) in [5.74, 6) is 0.534. The maximum Gasteiger partial charge on any atom is 0.358 e. The van der Waals surface area contributed by atoms with Gasteiger partial charge in [0.05, 0.1) is 19.5 Å². The molecule has 0 aliphatic rings. The second-order valence-electron chi connectivity index (χ2n) is 4.03. The molecule has 0 saturated heterocycles.